The lowest BCUT2D eigenvalue weighted by Gasteiger charge is -2.41. The molecular weight excluding hydrogens is 991 g/mol. The zero-order chi connectivity index (χ0) is 57.5. The average Bonchev–Trinajstić information content (AvgIpc) is 3.49. The summed E-state index contributed by atoms with van der Waals surface area (Å²) in [6, 6.07) is -1.02. The standard InChI is InChI=1S/C68H129NO10/c1-4-7-10-13-16-19-22-25-27-29-30-31-32-33-35-38-41-44-47-50-53-56-63(73)79-66-65(75)64(74)62(57-70)78-68(66)77-58-59(60(71)54-51-48-45-42-39-36-24-21-18-15-12-9-6-3)69-67(76)61(72)55-52-49-46-43-40-37-34-28-26-23-20-17-14-11-8-5-2/h26,28,51,54,59-62,64-66,68,70-72,74-75H,4-25,27,29-50,52-53,55-58H2,1-3H3,(H,69,76)/b28-26+,54-51+. The first kappa shape index (κ1) is 75.2. The van der Waals surface area contributed by atoms with E-state index in [9.17, 15) is 35.1 Å². The van der Waals surface area contributed by atoms with Gasteiger partial charge < -0.3 is 45.1 Å². The molecule has 8 unspecified atom stereocenters. The third kappa shape index (κ3) is 44.4. The van der Waals surface area contributed by atoms with Crippen LogP contribution in [0, 0.1) is 0 Å². The van der Waals surface area contributed by atoms with Gasteiger partial charge in [-0.25, -0.2) is 0 Å². The normalized spacial score (nSPS) is 18.9. The molecule has 0 aromatic heterocycles. The molecule has 1 aliphatic rings. The number of rotatable bonds is 59. The average molecular weight is 1120 g/mol. The van der Waals surface area contributed by atoms with E-state index < -0.39 is 67.4 Å². The van der Waals surface area contributed by atoms with Gasteiger partial charge in [-0.15, -0.1) is 0 Å². The number of unbranched alkanes of at least 4 members (excludes halogenated alkanes) is 43. The van der Waals surface area contributed by atoms with E-state index >= 15 is 0 Å². The van der Waals surface area contributed by atoms with Gasteiger partial charge in [0.15, 0.2) is 12.4 Å². The summed E-state index contributed by atoms with van der Waals surface area (Å²) in [6.07, 6.45) is 56.4. The highest BCUT2D eigenvalue weighted by molar-refractivity contribution is 5.80. The lowest BCUT2D eigenvalue weighted by molar-refractivity contribution is -0.305. The van der Waals surface area contributed by atoms with Crippen LogP contribution in [0.25, 0.3) is 0 Å². The Hall–Kier alpha value is -1.86. The van der Waals surface area contributed by atoms with Crippen LogP contribution in [0.5, 0.6) is 0 Å². The van der Waals surface area contributed by atoms with Crippen molar-refractivity contribution in [2.45, 2.75) is 384 Å². The maximum atomic E-state index is 13.4. The minimum absolute atomic E-state index is 0.130. The van der Waals surface area contributed by atoms with Gasteiger partial charge in [0.2, 0.25) is 5.91 Å². The molecule has 0 aromatic carbocycles. The Morgan fingerprint density at radius 2 is 0.835 bits per heavy atom. The number of allylic oxidation sites excluding steroid dienone is 3. The van der Waals surface area contributed by atoms with Gasteiger partial charge in [0.1, 0.15) is 24.4 Å². The first-order valence-corrected chi connectivity index (χ1v) is 34.1. The van der Waals surface area contributed by atoms with Gasteiger partial charge in [-0.05, 0) is 51.4 Å². The van der Waals surface area contributed by atoms with Crippen LogP contribution in [-0.4, -0.2) is 99.6 Å². The molecule has 0 saturated carbocycles. The summed E-state index contributed by atoms with van der Waals surface area (Å²) in [5, 5.41) is 57.1. The molecule has 0 aliphatic carbocycles. The summed E-state index contributed by atoms with van der Waals surface area (Å²) in [4.78, 5) is 26.6. The fourth-order valence-electron chi connectivity index (χ4n) is 10.9. The summed E-state index contributed by atoms with van der Waals surface area (Å²) >= 11 is 0. The SMILES string of the molecule is CCCCCCCC/C=C/CCCCCCCCC(O)C(=O)NC(COC1OC(CO)C(O)C(O)C1OC(=O)CCCCCCCCCCCCCCCCCCCCCCC)C(O)/C=C/CCCCCCCCCCCCC. The summed E-state index contributed by atoms with van der Waals surface area (Å²) in [6.45, 7) is 5.83. The Kier molecular flexibility index (Phi) is 53.9. The number of ether oxygens (including phenoxy) is 3. The van der Waals surface area contributed by atoms with Crippen LogP contribution in [0.3, 0.4) is 0 Å². The fraction of sp³-hybridized carbons (Fsp3) is 0.912. The minimum atomic E-state index is -1.61. The second-order valence-electron chi connectivity index (χ2n) is 23.9. The fourth-order valence-corrected chi connectivity index (χ4v) is 10.9. The molecule has 1 saturated heterocycles. The summed E-state index contributed by atoms with van der Waals surface area (Å²) in [5.74, 6) is -1.18. The smallest absolute Gasteiger partial charge is 0.306 e. The maximum Gasteiger partial charge on any atom is 0.306 e. The second-order valence-corrected chi connectivity index (χ2v) is 23.9. The van der Waals surface area contributed by atoms with E-state index in [1.807, 2.05) is 6.08 Å². The second kappa shape index (κ2) is 56.6. The van der Waals surface area contributed by atoms with Crippen molar-refractivity contribution in [2.24, 2.45) is 0 Å². The van der Waals surface area contributed by atoms with Gasteiger partial charge in [0.25, 0.3) is 0 Å². The quantitative estimate of drug-likeness (QED) is 0.0195. The van der Waals surface area contributed by atoms with Gasteiger partial charge in [0, 0.05) is 6.42 Å². The van der Waals surface area contributed by atoms with E-state index in [1.165, 1.54) is 218 Å². The predicted molar refractivity (Wildman–Crippen MR) is 329 cm³/mol. The third-order valence-corrected chi connectivity index (χ3v) is 16.4. The zero-order valence-electron chi connectivity index (χ0n) is 51.8. The Bertz CT molecular complexity index is 1380. The highest BCUT2D eigenvalue weighted by Crippen LogP contribution is 2.26. The predicted octanol–water partition coefficient (Wildman–Crippen LogP) is 16.8. The number of carbonyl (C=O) groups excluding carboxylic acids is 2. The number of hydrogen-bond acceptors (Lipinski definition) is 10. The highest BCUT2D eigenvalue weighted by atomic mass is 16.7. The third-order valence-electron chi connectivity index (χ3n) is 16.4. The van der Waals surface area contributed by atoms with Crippen molar-refractivity contribution >= 4 is 11.9 Å². The Balaban J connectivity index is 2.61. The first-order chi connectivity index (χ1) is 38.7. The van der Waals surface area contributed by atoms with Crippen molar-refractivity contribution in [1.29, 1.82) is 0 Å². The van der Waals surface area contributed by atoms with Gasteiger partial charge in [-0.3, -0.25) is 9.59 Å². The number of nitrogens with one attached hydrogen (secondary N) is 1. The molecule has 0 radical (unpaired) electrons. The van der Waals surface area contributed by atoms with Crippen molar-refractivity contribution < 1.29 is 49.3 Å². The van der Waals surface area contributed by atoms with E-state index in [4.69, 9.17) is 14.2 Å². The van der Waals surface area contributed by atoms with Crippen LogP contribution in [0.1, 0.15) is 335 Å². The van der Waals surface area contributed by atoms with Crippen molar-refractivity contribution in [3.8, 4) is 0 Å². The molecule has 1 rings (SSSR count). The van der Waals surface area contributed by atoms with Crippen LogP contribution < -0.4 is 5.32 Å². The lowest BCUT2D eigenvalue weighted by Crippen LogP contribution is -2.61. The van der Waals surface area contributed by atoms with Crippen molar-refractivity contribution in [3.63, 3.8) is 0 Å². The van der Waals surface area contributed by atoms with Crippen LogP contribution in [0.2, 0.25) is 0 Å². The molecule has 0 spiro atoms. The van der Waals surface area contributed by atoms with Crippen LogP contribution >= 0.6 is 0 Å². The molecule has 1 heterocycles. The van der Waals surface area contributed by atoms with Gasteiger partial charge in [-0.2, -0.15) is 0 Å². The monoisotopic (exact) mass is 1120 g/mol. The maximum absolute atomic E-state index is 13.4. The molecule has 8 atom stereocenters. The van der Waals surface area contributed by atoms with Crippen LogP contribution in [-0.2, 0) is 23.8 Å². The minimum Gasteiger partial charge on any atom is -0.454 e. The number of aliphatic hydroxyl groups is 5. The Labute approximate surface area is 486 Å². The lowest BCUT2D eigenvalue weighted by atomic mass is 9.99. The van der Waals surface area contributed by atoms with Crippen molar-refractivity contribution in [1.82, 2.24) is 5.32 Å². The topological polar surface area (TPSA) is 175 Å². The van der Waals surface area contributed by atoms with Gasteiger partial charge in [0.05, 0.1) is 25.4 Å². The molecule has 11 heteroatoms. The summed E-state index contributed by atoms with van der Waals surface area (Å²) in [7, 11) is 0. The summed E-state index contributed by atoms with van der Waals surface area (Å²) in [5.41, 5.74) is 0. The Morgan fingerprint density at radius 1 is 0.481 bits per heavy atom. The van der Waals surface area contributed by atoms with E-state index in [-0.39, 0.29) is 19.4 Å². The van der Waals surface area contributed by atoms with Crippen LogP contribution in [0.4, 0.5) is 0 Å². The molecule has 1 fully saturated rings. The Morgan fingerprint density at radius 3 is 1.23 bits per heavy atom. The van der Waals surface area contributed by atoms with Crippen molar-refractivity contribution in [3.05, 3.63) is 24.3 Å². The molecule has 1 amide bonds. The molecule has 11 nitrogen and oxygen atoms in total. The van der Waals surface area contributed by atoms with Crippen molar-refractivity contribution in [2.75, 3.05) is 13.2 Å². The zero-order valence-corrected chi connectivity index (χ0v) is 51.8. The van der Waals surface area contributed by atoms with Crippen LogP contribution in [0.15, 0.2) is 24.3 Å². The number of carbonyl (C=O) groups is 2. The molecule has 0 aromatic rings. The molecule has 1 aliphatic heterocycles. The molecular formula is C68H129NO10. The van der Waals surface area contributed by atoms with E-state index in [2.05, 4.69) is 38.2 Å². The molecule has 6 N–H and O–H groups in total. The molecule has 79 heavy (non-hydrogen) atoms. The molecule has 466 valence electrons. The number of amides is 1. The highest BCUT2D eigenvalue weighted by Gasteiger charge is 2.47. The largest absolute Gasteiger partial charge is 0.454 e. The number of esters is 1. The molecule has 0 bridgehead atoms. The first-order valence-electron chi connectivity index (χ1n) is 34.1. The van der Waals surface area contributed by atoms with Gasteiger partial charge in [-0.1, -0.05) is 302 Å². The van der Waals surface area contributed by atoms with E-state index in [0.717, 1.165) is 70.6 Å². The summed E-state index contributed by atoms with van der Waals surface area (Å²) < 4.78 is 17.7. The van der Waals surface area contributed by atoms with Gasteiger partial charge >= 0.3 is 5.97 Å². The van der Waals surface area contributed by atoms with E-state index in [0.29, 0.717) is 12.8 Å². The van der Waals surface area contributed by atoms with E-state index in [1.54, 1.807) is 6.08 Å². The number of aliphatic hydroxyl groups excluding tert-OH is 5. The number of hydrogen-bond donors (Lipinski definition) is 6.